The second-order valence-electron chi connectivity index (χ2n) is 21.5. The second-order valence-corrected chi connectivity index (χ2v) is 21.5. The number of aryl methyl sites for hydroxylation is 2. The van der Waals surface area contributed by atoms with E-state index in [-0.39, 0.29) is 35.8 Å². The van der Waals surface area contributed by atoms with Crippen LogP contribution in [-0.2, 0) is 31.9 Å². The Morgan fingerprint density at radius 2 is 0.914 bits per heavy atom. The van der Waals surface area contributed by atoms with Gasteiger partial charge in [-0.05, 0) is 152 Å². The zero-order chi connectivity index (χ0) is 57.3. The van der Waals surface area contributed by atoms with Crippen LogP contribution >= 0.6 is 0 Å². The van der Waals surface area contributed by atoms with Crippen molar-refractivity contribution in [3.05, 3.63) is 205 Å². The predicted molar refractivity (Wildman–Crippen MR) is 321 cm³/mol. The quantitative estimate of drug-likeness (QED) is 0.0397. The predicted octanol–water partition coefficient (Wildman–Crippen LogP) is 10.8. The summed E-state index contributed by atoms with van der Waals surface area (Å²) < 4.78 is 10.5. The third-order valence-electron chi connectivity index (χ3n) is 16.1. The molecule has 2 fully saturated rings. The molecule has 81 heavy (non-hydrogen) atoms. The number of esters is 2. The number of nitrogens with zero attached hydrogens (tertiary/aromatic N) is 4. The summed E-state index contributed by atoms with van der Waals surface area (Å²) >= 11 is 0. The Morgan fingerprint density at radius 3 is 1.28 bits per heavy atom. The number of hydrogen-bond acceptors (Lipinski definition) is 12. The van der Waals surface area contributed by atoms with Gasteiger partial charge in [0, 0.05) is 74.2 Å². The Hall–Kier alpha value is -8.26. The lowest BCUT2D eigenvalue weighted by Crippen LogP contribution is -2.44. The van der Waals surface area contributed by atoms with Crippen LogP contribution in [0.4, 0.5) is 0 Å². The van der Waals surface area contributed by atoms with E-state index in [9.17, 15) is 19.2 Å². The van der Waals surface area contributed by atoms with Crippen molar-refractivity contribution in [2.75, 3.05) is 40.4 Å². The van der Waals surface area contributed by atoms with E-state index in [0.717, 1.165) is 106 Å². The van der Waals surface area contributed by atoms with Crippen molar-refractivity contribution in [3.63, 3.8) is 0 Å². The lowest BCUT2D eigenvalue weighted by Gasteiger charge is -2.34. The molecule has 14 nitrogen and oxygen atoms in total. The molecule has 6 N–H and O–H groups in total. The third kappa shape index (κ3) is 18.7. The fourth-order valence-corrected chi connectivity index (χ4v) is 11.2. The van der Waals surface area contributed by atoms with Crippen molar-refractivity contribution in [2.45, 2.75) is 95.6 Å². The number of aromatic nitrogens is 2. The van der Waals surface area contributed by atoms with Gasteiger partial charge in [0.1, 0.15) is 0 Å². The van der Waals surface area contributed by atoms with E-state index in [1.54, 1.807) is 24.8 Å². The fourth-order valence-electron chi connectivity index (χ4n) is 11.2. The van der Waals surface area contributed by atoms with Gasteiger partial charge in [-0.15, -0.1) is 0 Å². The number of likely N-dealkylation sites (tertiary alicyclic amines) is 2. The van der Waals surface area contributed by atoms with Gasteiger partial charge in [-0.1, -0.05) is 123 Å². The molecule has 4 heterocycles. The summed E-state index contributed by atoms with van der Waals surface area (Å²) in [5.74, 6) is 0.543. The summed E-state index contributed by atoms with van der Waals surface area (Å²) in [6.07, 6.45) is 18.1. The molecule has 0 radical (unpaired) electrons. The van der Waals surface area contributed by atoms with E-state index in [4.69, 9.17) is 20.9 Å². The molecule has 8 rings (SSSR count). The molecule has 14 heteroatoms. The van der Waals surface area contributed by atoms with Crippen molar-refractivity contribution in [1.29, 1.82) is 0 Å². The number of methoxy groups -OCH3 is 2. The van der Waals surface area contributed by atoms with Gasteiger partial charge < -0.3 is 41.4 Å². The van der Waals surface area contributed by atoms with Crippen molar-refractivity contribution in [1.82, 2.24) is 30.4 Å². The number of piperidine rings is 2. The van der Waals surface area contributed by atoms with Gasteiger partial charge >= 0.3 is 11.9 Å². The third-order valence-corrected chi connectivity index (χ3v) is 16.1. The van der Waals surface area contributed by atoms with Crippen molar-refractivity contribution in [3.8, 4) is 22.3 Å². The van der Waals surface area contributed by atoms with E-state index in [1.165, 1.54) is 25.3 Å². The van der Waals surface area contributed by atoms with Gasteiger partial charge in [-0.3, -0.25) is 29.1 Å². The zero-order valence-electron chi connectivity index (χ0n) is 47.3. The standard InChI is InChI=1S/C34H42N4O3.C33H40N4O3/c1-25(35)38-22-19-27(20-23-38)10-6-12-31(34(40)41-2)32(18-13-26-8-4-3-5-9-26)37-33(39)29-16-14-28(15-17-29)30-11-7-21-36-24-30;1-24(34)37-21-18-26(19-22-37)10-16-30(33(39)40-2)31(17-11-25-7-4-3-5-8-25)36-32(38)28-14-12-27(13-15-28)29-9-6-20-35-23-29/h3-5,7-9,11,14-17,21,24,27,31-32H,1,6,10,12-13,18-20,22-23,35H2,2H3,(H,37,39);3-9,12-15,20,23,26,30-31H,1,10-11,16-19,21-22,34H2,2H3,(H,36,38)/t31-,32-;30-,31-/m11/s1. The van der Waals surface area contributed by atoms with Gasteiger partial charge in [-0.2, -0.15) is 0 Å². The Kier molecular flexibility index (Phi) is 23.5. The number of hydrogen-bond donors (Lipinski definition) is 4. The highest BCUT2D eigenvalue weighted by molar-refractivity contribution is 5.96. The monoisotopic (exact) mass is 1090 g/mol. The minimum Gasteiger partial charge on any atom is -0.469 e. The van der Waals surface area contributed by atoms with Gasteiger partial charge in [0.05, 0.1) is 37.7 Å². The number of benzene rings is 4. The number of ether oxygens (including phenoxy) is 2. The first-order chi connectivity index (χ1) is 39.4. The number of carbonyl (C=O) groups is 4. The summed E-state index contributed by atoms with van der Waals surface area (Å²) in [5, 5.41) is 6.40. The molecule has 2 aliphatic heterocycles. The molecule has 426 valence electrons. The number of amides is 2. The summed E-state index contributed by atoms with van der Waals surface area (Å²) in [5.41, 5.74) is 19.1. The van der Waals surface area contributed by atoms with Crippen molar-refractivity contribution < 1.29 is 28.7 Å². The van der Waals surface area contributed by atoms with Crippen LogP contribution in [0.5, 0.6) is 0 Å². The number of carbonyl (C=O) groups excluding carboxylic acids is 4. The molecule has 2 amide bonds. The highest BCUT2D eigenvalue weighted by Gasteiger charge is 2.33. The number of nitrogens with one attached hydrogen (secondary N) is 2. The number of nitrogens with two attached hydrogens (primary N) is 2. The lowest BCUT2D eigenvalue weighted by molar-refractivity contribution is -0.147. The first kappa shape index (κ1) is 60.4. The van der Waals surface area contributed by atoms with Crippen molar-refractivity contribution in [2.24, 2.45) is 35.1 Å². The topological polar surface area (TPSA) is 195 Å². The SMILES string of the molecule is C=C(N)N1CCC(CCC[C@@H](C(=O)OC)[C@@H](CCc2ccccc2)NC(=O)c2ccc(-c3cccnc3)cc2)CC1.C=C(N)N1CCC(CC[C@@H](C(=O)OC)[C@@H](CCc2ccccc2)NC(=O)c2ccc(-c3cccnc3)cc2)CC1. The van der Waals surface area contributed by atoms with E-state index < -0.39 is 11.8 Å². The molecule has 0 bridgehead atoms. The highest BCUT2D eigenvalue weighted by atomic mass is 16.5. The maximum Gasteiger partial charge on any atom is 0.310 e. The first-order valence-electron chi connectivity index (χ1n) is 28.6. The van der Waals surface area contributed by atoms with Gasteiger partial charge in [-0.25, -0.2) is 0 Å². The molecule has 0 unspecified atom stereocenters. The largest absolute Gasteiger partial charge is 0.469 e. The maximum atomic E-state index is 13.4. The first-order valence-corrected chi connectivity index (χ1v) is 28.6. The Labute approximate surface area is 479 Å². The normalized spacial score (nSPS) is 15.1. The lowest BCUT2D eigenvalue weighted by atomic mass is 9.84. The summed E-state index contributed by atoms with van der Waals surface area (Å²) in [7, 11) is 2.85. The van der Waals surface area contributed by atoms with Crippen LogP contribution in [-0.4, -0.2) is 96.0 Å². The molecular weight excluding hydrogens is 1010 g/mol. The average molecular weight is 1100 g/mol. The zero-order valence-corrected chi connectivity index (χ0v) is 47.3. The molecule has 4 atom stereocenters. The Bertz CT molecular complexity index is 2890. The summed E-state index contributed by atoms with van der Waals surface area (Å²) in [6, 6.07) is 42.3. The highest BCUT2D eigenvalue weighted by Crippen LogP contribution is 2.30. The van der Waals surface area contributed by atoms with Crippen LogP contribution in [0.3, 0.4) is 0 Å². The molecule has 0 saturated carbocycles. The number of pyridine rings is 2. The van der Waals surface area contributed by atoms with Gasteiger partial charge in [0.2, 0.25) is 0 Å². The van der Waals surface area contributed by atoms with Crippen molar-refractivity contribution >= 4 is 23.8 Å². The van der Waals surface area contributed by atoms with E-state index in [2.05, 4.69) is 67.8 Å². The maximum absolute atomic E-state index is 13.4. The van der Waals surface area contributed by atoms with Gasteiger partial charge in [0.25, 0.3) is 11.8 Å². The second kappa shape index (κ2) is 31.5. The van der Waals surface area contributed by atoms with E-state index in [1.807, 2.05) is 109 Å². The minimum atomic E-state index is -0.435. The van der Waals surface area contributed by atoms with Crippen LogP contribution in [0.2, 0.25) is 0 Å². The van der Waals surface area contributed by atoms with Crippen LogP contribution in [0.1, 0.15) is 102 Å². The molecule has 0 spiro atoms. The van der Waals surface area contributed by atoms with E-state index in [0.29, 0.717) is 60.3 Å². The number of rotatable bonds is 25. The van der Waals surface area contributed by atoms with E-state index >= 15 is 0 Å². The van der Waals surface area contributed by atoms with Crippen LogP contribution < -0.4 is 22.1 Å². The Balaban J connectivity index is 0.000000234. The molecule has 0 aliphatic carbocycles. The van der Waals surface area contributed by atoms with Crippen LogP contribution in [0, 0.1) is 23.7 Å². The minimum absolute atomic E-state index is 0.191. The smallest absolute Gasteiger partial charge is 0.310 e. The molecule has 2 saturated heterocycles. The summed E-state index contributed by atoms with van der Waals surface area (Å²) in [6.45, 7) is 11.3. The molecule has 2 aliphatic rings. The van der Waals surface area contributed by atoms with Gasteiger partial charge in [0.15, 0.2) is 0 Å². The molecule has 4 aromatic carbocycles. The molecular formula is C67H82N8O6. The molecule has 2 aromatic heterocycles. The summed E-state index contributed by atoms with van der Waals surface area (Å²) in [4.78, 5) is 65.6. The van der Waals surface area contributed by atoms with Crippen LogP contribution in [0.15, 0.2) is 183 Å². The van der Waals surface area contributed by atoms with Crippen LogP contribution in [0.25, 0.3) is 22.3 Å². The fraction of sp³-hybridized carbons (Fsp3) is 0.373. The Morgan fingerprint density at radius 1 is 0.519 bits per heavy atom. The molecule has 6 aromatic rings. The average Bonchev–Trinajstić information content (AvgIpc) is 3.51.